The van der Waals surface area contributed by atoms with E-state index in [4.69, 9.17) is 9.47 Å². The number of carbonyl (C=O) groups excluding carboxylic acids is 1. The second-order valence-electron chi connectivity index (χ2n) is 7.81. The summed E-state index contributed by atoms with van der Waals surface area (Å²) in [5.41, 5.74) is 1.98. The molecule has 0 radical (unpaired) electrons. The smallest absolute Gasteiger partial charge is 0.407 e. The first-order valence-electron chi connectivity index (χ1n) is 9.13. The van der Waals surface area contributed by atoms with Crippen LogP contribution >= 0.6 is 0 Å². The van der Waals surface area contributed by atoms with E-state index in [1.165, 1.54) is 11.1 Å². The number of hydrogen-bond acceptors (Lipinski definition) is 4. The summed E-state index contributed by atoms with van der Waals surface area (Å²) in [6.07, 6.45) is 0.533. The fraction of sp³-hybridized carbons (Fsp3) is 0.650. The van der Waals surface area contributed by atoms with Crippen LogP contribution in [0.3, 0.4) is 0 Å². The Labute approximate surface area is 151 Å². The van der Waals surface area contributed by atoms with Gasteiger partial charge in [-0.3, -0.25) is 0 Å². The van der Waals surface area contributed by atoms with E-state index in [0.29, 0.717) is 6.61 Å². The van der Waals surface area contributed by atoms with Crippen molar-refractivity contribution in [3.8, 4) is 0 Å². The average Bonchev–Trinajstić information content (AvgIpc) is 2.50. The molecule has 0 spiro atoms. The summed E-state index contributed by atoms with van der Waals surface area (Å²) in [4.78, 5) is 12.1. The van der Waals surface area contributed by atoms with E-state index in [2.05, 4.69) is 48.7 Å². The molecule has 0 heterocycles. The third-order valence-corrected chi connectivity index (χ3v) is 4.42. The fourth-order valence-electron chi connectivity index (χ4n) is 3.06. The SMILES string of the molecule is CCOC1CC(NC(=O)OC(C)(C)C)C1NC(C)c1ccc(C)cc1. The fourth-order valence-corrected chi connectivity index (χ4v) is 3.06. The minimum absolute atomic E-state index is 0.0132. The zero-order valence-corrected chi connectivity index (χ0v) is 16.3. The standard InChI is InChI=1S/C20H32N2O3/c1-7-24-17-12-16(22-19(23)25-20(4,5)6)18(17)21-14(3)15-10-8-13(2)9-11-15/h8-11,14,16-18,21H,7,12H2,1-6H3,(H,22,23). The normalized spacial score (nSPS) is 24.3. The van der Waals surface area contributed by atoms with E-state index in [1.807, 2.05) is 27.7 Å². The first kappa shape index (κ1) is 19.7. The molecule has 1 aliphatic rings. The van der Waals surface area contributed by atoms with Gasteiger partial charge in [-0.2, -0.15) is 0 Å². The lowest BCUT2D eigenvalue weighted by Gasteiger charge is -2.46. The lowest BCUT2D eigenvalue weighted by atomic mass is 9.82. The van der Waals surface area contributed by atoms with Crippen molar-refractivity contribution in [1.82, 2.24) is 10.6 Å². The van der Waals surface area contributed by atoms with Crippen LogP contribution in [0, 0.1) is 6.92 Å². The van der Waals surface area contributed by atoms with Crippen molar-refractivity contribution in [2.75, 3.05) is 6.61 Å². The monoisotopic (exact) mass is 348 g/mol. The second-order valence-corrected chi connectivity index (χ2v) is 7.81. The maximum Gasteiger partial charge on any atom is 0.407 e. The molecule has 2 N–H and O–H groups in total. The lowest BCUT2D eigenvalue weighted by Crippen LogP contribution is -2.66. The summed E-state index contributed by atoms with van der Waals surface area (Å²) in [6, 6.07) is 8.77. The molecule has 2 rings (SSSR count). The van der Waals surface area contributed by atoms with Crippen molar-refractivity contribution in [3.05, 3.63) is 35.4 Å². The van der Waals surface area contributed by atoms with Gasteiger partial charge in [0, 0.05) is 12.6 Å². The van der Waals surface area contributed by atoms with Crippen LogP contribution in [0.5, 0.6) is 0 Å². The van der Waals surface area contributed by atoms with Crippen LogP contribution in [0.4, 0.5) is 4.79 Å². The molecular formula is C20H32N2O3. The van der Waals surface area contributed by atoms with E-state index in [-0.39, 0.29) is 30.3 Å². The minimum Gasteiger partial charge on any atom is -0.444 e. The predicted molar refractivity (Wildman–Crippen MR) is 99.7 cm³/mol. The van der Waals surface area contributed by atoms with Gasteiger partial charge >= 0.3 is 6.09 Å². The van der Waals surface area contributed by atoms with Crippen LogP contribution < -0.4 is 10.6 Å². The summed E-state index contributed by atoms with van der Waals surface area (Å²) < 4.78 is 11.2. The van der Waals surface area contributed by atoms with E-state index in [1.54, 1.807) is 0 Å². The summed E-state index contributed by atoms with van der Waals surface area (Å²) in [5, 5.41) is 6.58. The van der Waals surface area contributed by atoms with Gasteiger partial charge in [0.15, 0.2) is 0 Å². The molecule has 25 heavy (non-hydrogen) atoms. The Morgan fingerprint density at radius 1 is 1.28 bits per heavy atom. The molecule has 1 amide bonds. The Hall–Kier alpha value is -1.59. The number of carbonyl (C=O) groups is 1. The molecule has 140 valence electrons. The highest BCUT2D eigenvalue weighted by atomic mass is 16.6. The van der Waals surface area contributed by atoms with Gasteiger partial charge in [-0.15, -0.1) is 0 Å². The predicted octanol–water partition coefficient (Wildman–Crippen LogP) is 3.72. The number of amides is 1. The summed E-state index contributed by atoms with van der Waals surface area (Å²) in [6.45, 7) is 12.5. The lowest BCUT2D eigenvalue weighted by molar-refractivity contribution is -0.0462. The molecule has 5 nitrogen and oxygen atoms in total. The van der Waals surface area contributed by atoms with Crippen LogP contribution in [-0.2, 0) is 9.47 Å². The highest BCUT2D eigenvalue weighted by molar-refractivity contribution is 5.68. The van der Waals surface area contributed by atoms with Gasteiger partial charge in [0.05, 0.1) is 18.2 Å². The number of alkyl carbamates (subject to hydrolysis) is 1. The first-order valence-corrected chi connectivity index (χ1v) is 9.13. The highest BCUT2D eigenvalue weighted by Crippen LogP contribution is 2.28. The van der Waals surface area contributed by atoms with E-state index in [9.17, 15) is 4.79 Å². The Kier molecular flexibility index (Phi) is 6.47. The molecule has 1 aromatic rings. The topological polar surface area (TPSA) is 59.6 Å². The van der Waals surface area contributed by atoms with Crippen LogP contribution in [0.25, 0.3) is 0 Å². The first-order chi connectivity index (χ1) is 11.7. The molecule has 5 heteroatoms. The van der Waals surface area contributed by atoms with Gasteiger partial charge in [-0.25, -0.2) is 4.79 Å². The van der Waals surface area contributed by atoms with Gasteiger partial charge in [-0.1, -0.05) is 29.8 Å². The van der Waals surface area contributed by atoms with Crippen molar-refractivity contribution in [1.29, 1.82) is 0 Å². The van der Waals surface area contributed by atoms with Gasteiger partial charge in [0.25, 0.3) is 0 Å². The van der Waals surface area contributed by atoms with Gasteiger partial charge < -0.3 is 20.1 Å². The summed E-state index contributed by atoms with van der Waals surface area (Å²) in [5.74, 6) is 0. The number of nitrogens with one attached hydrogen (secondary N) is 2. The third-order valence-electron chi connectivity index (χ3n) is 4.42. The summed E-state index contributed by atoms with van der Waals surface area (Å²) in [7, 11) is 0. The van der Waals surface area contributed by atoms with Crippen molar-refractivity contribution < 1.29 is 14.3 Å². The number of ether oxygens (including phenoxy) is 2. The zero-order valence-electron chi connectivity index (χ0n) is 16.3. The molecule has 1 fully saturated rings. The Balaban J connectivity index is 1.97. The maximum atomic E-state index is 12.1. The largest absolute Gasteiger partial charge is 0.444 e. The van der Waals surface area contributed by atoms with E-state index < -0.39 is 5.60 Å². The molecule has 1 aliphatic carbocycles. The van der Waals surface area contributed by atoms with Crippen molar-refractivity contribution in [2.24, 2.45) is 0 Å². The van der Waals surface area contributed by atoms with E-state index in [0.717, 1.165) is 6.42 Å². The van der Waals surface area contributed by atoms with Crippen LogP contribution in [0.2, 0.25) is 0 Å². The maximum absolute atomic E-state index is 12.1. The quantitative estimate of drug-likeness (QED) is 0.823. The molecule has 4 unspecified atom stereocenters. The number of benzene rings is 1. The van der Waals surface area contributed by atoms with Gasteiger partial charge in [0.1, 0.15) is 5.60 Å². The Morgan fingerprint density at radius 2 is 1.92 bits per heavy atom. The molecule has 4 atom stereocenters. The second kappa shape index (κ2) is 8.19. The molecule has 0 aromatic heterocycles. The Morgan fingerprint density at radius 3 is 2.48 bits per heavy atom. The van der Waals surface area contributed by atoms with Crippen molar-refractivity contribution >= 4 is 6.09 Å². The van der Waals surface area contributed by atoms with Crippen LogP contribution in [0.1, 0.15) is 58.2 Å². The van der Waals surface area contributed by atoms with Crippen molar-refractivity contribution in [3.63, 3.8) is 0 Å². The highest BCUT2D eigenvalue weighted by Gasteiger charge is 2.43. The molecule has 0 aliphatic heterocycles. The third kappa shape index (κ3) is 5.72. The van der Waals surface area contributed by atoms with Crippen LogP contribution in [0.15, 0.2) is 24.3 Å². The zero-order chi connectivity index (χ0) is 18.6. The van der Waals surface area contributed by atoms with E-state index >= 15 is 0 Å². The van der Waals surface area contributed by atoms with Gasteiger partial charge in [0.2, 0.25) is 0 Å². The molecular weight excluding hydrogens is 316 g/mol. The molecule has 1 aromatic carbocycles. The number of hydrogen-bond donors (Lipinski definition) is 2. The number of aryl methyl sites for hydroxylation is 1. The van der Waals surface area contributed by atoms with Crippen molar-refractivity contribution in [2.45, 2.75) is 77.8 Å². The van der Waals surface area contributed by atoms with Crippen LogP contribution in [-0.4, -0.2) is 36.5 Å². The summed E-state index contributed by atoms with van der Waals surface area (Å²) >= 11 is 0. The molecule has 0 saturated heterocycles. The molecule has 1 saturated carbocycles. The van der Waals surface area contributed by atoms with Gasteiger partial charge in [-0.05, 0) is 53.5 Å². The number of rotatable bonds is 6. The average molecular weight is 348 g/mol. The molecule has 0 bridgehead atoms. The minimum atomic E-state index is -0.495. The Bertz CT molecular complexity index is 565.